The Morgan fingerprint density at radius 1 is 1.50 bits per heavy atom. The summed E-state index contributed by atoms with van der Waals surface area (Å²) in [6.45, 7) is 4.43. The van der Waals surface area contributed by atoms with E-state index in [9.17, 15) is 4.79 Å². The molecule has 0 spiro atoms. The van der Waals surface area contributed by atoms with Gasteiger partial charge < -0.3 is 10.3 Å². The van der Waals surface area contributed by atoms with Gasteiger partial charge in [0.1, 0.15) is 5.01 Å². The van der Waals surface area contributed by atoms with Crippen LogP contribution in [-0.4, -0.2) is 33.4 Å². The van der Waals surface area contributed by atoms with Crippen LogP contribution in [0.25, 0.3) is 0 Å². The summed E-state index contributed by atoms with van der Waals surface area (Å²) in [5.41, 5.74) is 1.59. The molecule has 5 nitrogen and oxygen atoms in total. The smallest absolute Gasteiger partial charge is 0.253 e. The largest absolute Gasteiger partial charge is 0.365 e. The second kappa shape index (κ2) is 6.01. The maximum atomic E-state index is 11.8. The number of rotatable bonds is 5. The monoisotopic (exact) mass is 282 g/mol. The summed E-state index contributed by atoms with van der Waals surface area (Å²) in [5.74, 6) is 0.756. The summed E-state index contributed by atoms with van der Waals surface area (Å²) in [7, 11) is 0. The van der Waals surface area contributed by atoms with Gasteiger partial charge in [-0.05, 0) is 19.9 Å². The van der Waals surface area contributed by atoms with Gasteiger partial charge in [-0.25, -0.2) is 0 Å². The molecule has 18 heavy (non-hydrogen) atoms. The minimum absolute atomic E-state index is 0.0391. The van der Waals surface area contributed by atoms with Gasteiger partial charge in [0.25, 0.3) is 5.91 Å². The maximum absolute atomic E-state index is 11.8. The van der Waals surface area contributed by atoms with Crippen molar-refractivity contribution >= 4 is 29.0 Å². The van der Waals surface area contributed by atoms with Crippen LogP contribution in [0.15, 0.2) is 16.6 Å². The second-order valence-corrected chi connectivity index (χ2v) is 6.23. The van der Waals surface area contributed by atoms with E-state index in [-0.39, 0.29) is 5.91 Å². The summed E-state index contributed by atoms with van der Waals surface area (Å²) in [5, 5.41) is 11.8. The Labute approximate surface area is 113 Å². The fraction of sp³-hybridized carbons (Fsp3) is 0.364. The maximum Gasteiger partial charge on any atom is 0.253 e. The van der Waals surface area contributed by atoms with Gasteiger partial charge in [0.05, 0.1) is 5.56 Å². The number of hydrogen-bond acceptors (Lipinski definition) is 5. The standard InChI is InChI=1S/C11H14N4OS2/c1-7-9(3-4-12-7)10(16)13-5-6-17-11-15-14-8(2)18-11/h3-4,12H,5-6H2,1-2H3,(H,13,16). The lowest BCUT2D eigenvalue weighted by atomic mass is 10.2. The third-order valence-corrected chi connectivity index (χ3v) is 4.29. The first-order chi connectivity index (χ1) is 8.66. The number of aromatic nitrogens is 3. The van der Waals surface area contributed by atoms with Crippen LogP contribution < -0.4 is 5.32 Å². The van der Waals surface area contributed by atoms with Crippen LogP contribution in [0.4, 0.5) is 0 Å². The van der Waals surface area contributed by atoms with Crippen LogP contribution in [0.1, 0.15) is 21.1 Å². The molecule has 2 rings (SSSR count). The number of nitrogens with one attached hydrogen (secondary N) is 2. The Hall–Kier alpha value is -1.34. The highest BCUT2D eigenvalue weighted by Gasteiger charge is 2.08. The molecule has 1 amide bonds. The molecule has 0 bridgehead atoms. The van der Waals surface area contributed by atoms with E-state index in [1.165, 1.54) is 0 Å². The van der Waals surface area contributed by atoms with E-state index in [4.69, 9.17) is 0 Å². The fourth-order valence-electron chi connectivity index (χ4n) is 1.43. The Morgan fingerprint density at radius 3 is 2.94 bits per heavy atom. The molecule has 0 radical (unpaired) electrons. The molecule has 0 fully saturated rings. The molecule has 0 aliphatic carbocycles. The minimum atomic E-state index is -0.0391. The Bertz CT molecular complexity index is 535. The topological polar surface area (TPSA) is 70.7 Å². The summed E-state index contributed by atoms with van der Waals surface area (Å²) >= 11 is 3.18. The fourth-order valence-corrected chi connectivity index (χ4v) is 3.17. The van der Waals surface area contributed by atoms with Gasteiger partial charge in [-0.1, -0.05) is 23.1 Å². The van der Waals surface area contributed by atoms with Crippen molar-refractivity contribution < 1.29 is 4.79 Å². The van der Waals surface area contributed by atoms with Crippen molar-refractivity contribution in [2.24, 2.45) is 0 Å². The number of carbonyl (C=O) groups excluding carboxylic acids is 1. The van der Waals surface area contributed by atoms with Crippen LogP contribution in [0, 0.1) is 13.8 Å². The first-order valence-electron chi connectivity index (χ1n) is 5.52. The van der Waals surface area contributed by atoms with Gasteiger partial charge in [0.2, 0.25) is 0 Å². The second-order valence-electron chi connectivity index (χ2n) is 3.71. The average Bonchev–Trinajstić information content (AvgIpc) is 2.93. The normalized spacial score (nSPS) is 10.6. The molecule has 2 aromatic heterocycles. The number of carbonyl (C=O) groups is 1. The number of hydrogen-bond donors (Lipinski definition) is 2. The summed E-state index contributed by atoms with van der Waals surface area (Å²) in [4.78, 5) is 14.8. The number of nitrogens with zero attached hydrogens (tertiary/aromatic N) is 2. The quantitative estimate of drug-likeness (QED) is 0.650. The van der Waals surface area contributed by atoms with Crippen molar-refractivity contribution in [2.75, 3.05) is 12.3 Å². The zero-order valence-electron chi connectivity index (χ0n) is 10.2. The molecule has 2 N–H and O–H groups in total. The highest BCUT2D eigenvalue weighted by Crippen LogP contribution is 2.20. The number of thioether (sulfide) groups is 1. The molecule has 0 saturated carbocycles. The average molecular weight is 282 g/mol. The highest BCUT2D eigenvalue weighted by atomic mass is 32.2. The zero-order chi connectivity index (χ0) is 13.0. The van der Waals surface area contributed by atoms with Crippen molar-refractivity contribution in [3.05, 3.63) is 28.5 Å². The Kier molecular flexibility index (Phi) is 4.38. The molecule has 0 aliphatic rings. The van der Waals surface area contributed by atoms with Crippen molar-refractivity contribution in [1.29, 1.82) is 0 Å². The van der Waals surface area contributed by atoms with Gasteiger partial charge in [-0.3, -0.25) is 4.79 Å². The SMILES string of the molecule is Cc1nnc(SCCNC(=O)c2cc[nH]c2C)s1. The lowest BCUT2D eigenvalue weighted by molar-refractivity contribution is 0.0956. The van der Waals surface area contributed by atoms with Crippen LogP contribution in [0.5, 0.6) is 0 Å². The van der Waals surface area contributed by atoms with Crippen molar-refractivity contribution in [3.8, 4) is 0 Å². The molecular formula is C11H14N4OS2. The van der Waals surface area contributed by atoms with Gasteiger partial charge in [-0.2, -0.15) is 0 Å². The minimum Gasteiger partial charge on any atom is -0.365 e. The molecular weight excluding hydrogens is 268 g/mol. The van der Waals surface area contributed by atoms with E-state index < -0.39 is 0 Å². The molecule has 0 aromatic carbocycles. The Balaban J connectivity index is 1.73. The van der Waals surface area contributed by atoms with E-state index in [0.717, 1.165) is 20.8 Å². The number of aryl methyl sites for hydroxylation is 2. The van der Waals surface area contributed by atoms with E-state index in [1.807, 2.05) is 13.8 Å². The summed E-state index contributed by atoms with van der Waals surface area (Å²) < 4.78 is 0.944. The Morgan fingerprint density at radius 2 is 2.33 bits per heavy atom. The summed E-state index contributed by atoms with van der Waals surface area (Å²) in [6.07, 6.45) is 1.77. The predicted molar refractivity (Wildman–Crippen MR) is 73.2 cm³/mol. The molecule has 0 saturated heterocycles. The highest BCUT2D eigenvalue weighted by molar-refractivity contribution is 8.01. The van der Waals surface area contributed by atoms with Gasteiger partial charge in [0.15, 0.2) is 4.34 Å². The third-order valence-electron chi connectivity index (χ3n) is 2.32. The molecule has 96 valence electrons. The van der Waals surface area contributed by atoms with E-state index in [0.29, 0.717) is 12.1 Å². The molecule has 0 atom stereocenters. The lowest BCUT2D eigenvalue weighted by Gasteiger charge is -2.03. The lowest BCUT2D eigenvalue weighted by Crippen LogP contribution is -2.25. The molecule has 2 aromatic rings. The van der Waals surface area contributed by atoms with Crippen molar-refractivity contribution in [1.82, 2.24) is 20.5 Å². The van der Waals surface area contributed by atoms with Gasteiger partial charge in [0, 0.05) is 24.2 Å². The first-order valence-corrected chi connectivity index (χ1v) is 7.32. The molecule has 2 heterocycles. The van der Waals surface area contributed by atoms with E-state index >= 15 is 0 Å². The molecule has 0 aliphatic heterocycles. The van der Waals surface area contributed by atoms with Gasteiger partial charge >= 0.3 is 0 Å². The van der Waals surface area contributed by atoms with Crippen LogP contribution >= 0.6 is 23.1 Å². The zero-order valence-corrected chi connectivity index (χ0v) is 11.8. The van der Waals surface area contributed by atoms with Crippen molar-refractivity contribution in [3.63, 3.8) is 0 Å². The van der Waals surface area contributed by atoms with Gasteiger partial charge in [-0.15, -0.1) is 10.2 Å². The van der Waals surface area contributed by atoms with Crippen molar-refractivity contribution in [2.45, 2.75) is 18.2 Å². The first kappa shape index (κ1) is 13.1. The predicted octanol–water partition coefficient (Wildman–Crippen LogP) is 2.01. The molecule has 0 unspecified atom stereocenters. The number of aromatic amines is 1. The third kappa shape index (κ3) is 3.33. The summed E-state index contributed by atoms with van der Waals surface area (Å²) in [6, 6.07) is 1.78. The van der Waals surface area contributed by atoms with Crippen LogP contribution in [0.2, 0.25) is 0 Å². The number of amides is 1. The van der Waals surface area contributed by atoms with Crippen LogP contribution in [0.3, 0.4) is 0 Å². The van der Waals surface area contributed by atoms with E-state index in [2.05, 4.69) is 20.5 Å². The molecule has 7 heteroatoms. The van der Waals surface area contributed by atoms with E-state index in [1.54, 1.807) is 35.4 Å². The van der Waals surface area contributed by atoms with Crippen LogP contribution in [-0.2, 0) is 0 Å². The number of H-pyrrole nitrogens is 1.